The highest BCUT2D eigenvalue weighted by molar-refractivity contribution is 7.80. The minimum Gasteiger partial charge on any atom is -0.480 e. The van der Waals surface area contributed by atoms with E-state index in [9.17, 15) is 19.2 Å². The van der Waals surface area contributed by atoms with Crippen molar-refractivity contribution < 1.29 is 29.4 Å². The maximum Gasteiger partial charge on any atom is 0.328 e. The number of carboxylic acids is 1. The SMILES string of the molecule is CC(C)C(NC(=O)C(N)CCCN=C(N)N)C(=O)NC(CS)C(=O)NC(CO)C(=O)O. The highest BCUT2D eigenvalue weighted by atomic mass is 32.1. The van der Waals surface area contributed by atoms with Crippen molar-refractivity contribution in [1.82, 2.24) is 16.0 Å². The average Bonchev–Trinajstić information content (AvgIpc) is 2.69. The van der Waals surface area contributed by atoms with E-state index < -0.39 is 54.5 Å². The number of hydrogen-bond donors (Lipinski definition) is 9. The van der Waals surface area contributed by atoms with Crippen LogP contribution >= 0.6 is 12.6 Å². The molecule has 0 aromatic rings. The number of hydrogen-bond acceptors (Lipinski definition) is 8. The van der Waals surface area contributed by atoms with Crippen molar-refractivity contribution in [3.05, 3.63) is 0 Å². The third-order valence-electron chi connectivity index (χ3n) is 4.16. The van der Waals surface area contributed by atoms with Crippen LogP contribution in [0.1, 0.15) is 26.7 Å². The summed E-state index contributed by atoms with van der Waals surface area (Å²) in [6.07, 6.45) is 0.747. The number of aliphatic hydroxyl groups is 1. The molecule has 0 aromatic carbocycles. The van der Waals surface area contributed by atoms with Crippen molar-refractivity contribution >= 4 is 42.3 Å². The molecular formula is C17H33N7O6S. The van der Waals surface area contributed by atoms with Gasteiger partial charge >= 0.3 is 5.97 Å². The van der Waals surface area contributed by atoms with Gasteiger partial charge in [0.2, 0.25) is 17.7 Å². The first-order valence-electron chi connectivity index (χ1n) is 9.61. The lowest BCUT2D eigenvalue weighted by atomic mass is 10.0. The normalized spacial score (nSPS) is 14.6. The molecule has 0 aliphatic carbocycles. The van der Waals surface area contributed by atoms with Crippen molar-refractivity contribution in [1.29, 1.82) is 0 Å². The van der Waals surface area contributed by atoms with E-state index in [2.05, 4.69) is 33.6 Å². The van der Waals surface area contributed by atoms with Crippen molar-refractivity contribution in [2.24, 2.45) is 28.1 Å². The van der Waals surface area contributed by atoms with Crippen LogP contribution in [0.3, 0.4) is 0 Å². The number of nitrogens with zero attached hydrogens (tertiary/aromatic N) is 1. The minimum atomic E-state index is -1.52. The van der Waals surface area contributed by atoms with E-state index in [1.54, 1.807) is 13.8 Å². The Morgan fingerprint density at radius 3 is 2.03 bits per heavy atom. The quantitative estimate of drug-likeness (QED) is 0.0536. The van der Waals surface area contributed by atoms with Crippen LogP contribution in [0.2, 0.25) is 0 Å². The summed E-state index contributed by atoms with van der Waals surface area (Å²) in [7, 11) is 0. The molecule has 0 saturated heterocycles. The zero-order chi connectivity index (χ0) is 24.1. The number of nitrogens with two attached hydrogens (primary N) is 3. The topological polar surface area (TPSA) is 235 Å². The minimum absolute atomic E-state index is 0.0639. The van der Waals surface area contributed by atoms with Gasteiger partial charge in [-0.1, -0.05) is 13.8 Å². The molecule has 4 atom stereocenters. The molecule has 13 nitrogen and oxygen atoms in total. The lowest BCUT2D eigenvalue weighted by Gasteiger charge is -2.26. The van der Waals surface area contributed by atoms with E-state index in [1.165, 1.54) is 0 Å². The highest BCUT2D eigenvalue weighted by Gasteiger charge is 2.30. The van der Waals surface area contributed by atoms with Crippen LogP contribution in [0.25, 0.3) is 0 Å². The van der Waals surface area contributed by atoms with Gasteiger partial charge in [0.1, 0.15) is 18.1 Å². The van der Waals surface area contributed by atoms with Crippen LogP contribution in [-0.4, -0.2) is 82.9 Å². The number of aliphatic hydroxyl groups excluding tert-OH is 1. The number of guanidine groups is 1. The molecule has 0 fully saturated rings. The fourth-order valence-electron chi connectivity index (χ4n) is 2.36. The molecule has 178 valence electrons. The maximum atomic E-state index is 12.6. The molecule has 3 amide bonds. The van der Waals surface area contributed by atoms with E-state index in [4.69, 9.17) is 27.4 Å². The number of aliphatic carboxylic acids is 1. The first kappa shape index (κ1) is 28.4. The summed E-state index contributed by atoms with van der Waals surface area (Å²) in [6, 6.07) is -4.60. The third kappa shape index (κ3) is 10.8. The van der Waals surface area contributed by atoms with E-state index >= 15 is 0 Å². The highest BCUT2D eigenvalue weighted by Crippen LogP contribution is 2.05. The zero-order valence-electron chi connectivity index (χ0n) is 17.6. The monoisotopic (exact) mass is 463 g/mol. The summed E-state index contributed by atoms with van der Waals surface area (Å²) in [5, 5.41) is 25.0. The molecule has 0 aliphatic heterocycles. The second-order valence-corrected chi connectivity index (χ2v) is 7.48. The van der Waals surface area contributed by atoms with Gasteiger partial charge in [0.05, 0.1) is 12.6 Å². The molecule has 14 heteroatoms. The number of thiol groups is 1. The van der Waals surface area contributed by atoms with Gasteiger partial charge in [-0.25, -0.2) is 4.79 Å². The van der Waals surface area contributed by atoms with Crippen LogP contribution in [0.5, 0.6) is 0 Å². The molecule has 0 aromatic heterocycles. The average molecular weight is 464 g/mol. The molecule has 0 heterocycles. The molecule has 11 N–H and O–H groups in total. The fraction of sp³-hybridized carbons (Fsp3) is 0.706. The van der Waals surface area contributed by atoms with Crippen LogP contribution in [-0.2, 0) is 19.2 Å². The summed E-state index contributed by atoms with van der Waals surface area (Å²) >= 11 is 4.00. The molecule has 0 radical (unpaired) electrons. The van der Waals surface area contributed by atoms with Crippen LogP contribution in [0.15, 0.2) is 4.99 Å². The summed E-state index contributed by atoms with van der Waals surface area (Å²) in [5.41, 5.74) is 16.3. The van der Waals surface area contributed by atoms with Gasteiger partial charge in [-0.3, -0.25) is 19.4 Å². The number of carboxylic acid groups (broad SMARTS) is 1. The molecule has 4 unspecified atom stereocenters. The predicted molar refractivity (Wildman–Crippen MR) is 117 cm³/mol. The van der Waals surface area contributed by atoms with Crippen molar-refractivity contribution in [3.8, 4) is 0 Å². The largest absolute Gasteiger partial charge is 0.480 e. The predicted octanol–water partition coefficient (Wildman–Crippen LogP) is -3.52. The van der Waals surface area contributed by atoms with Crippen molar-refractivity contribution in [2.45, 2.75) is 50.9 Å². The molecule has 0 rings (SSSR count). The number of carbonyl (C=O) groups is 4. The van der Waals surface area contributed by atoms with Gasteiger partial charge in [-0.15, -0.1) is 0 Å². The smallest absolute Gasteiger partial charge is 0.328 e. The Morgan fingerprint density at radius 1 is 1.00 bits per heavy atom. The van der Waals surface area contributed by atoms with E-state index in [1.807, 2.05) is 0 Å². The Balaban J connectivity index is 4.97. The summed E-state index contributed by atoms with van der Waals surface area (Å²) in [4.78, 5) is 52.0. The molecule has 0 spiro atoms. The first-order valence-corrected chi connectivity index (χ1v) is 10.2. The molecule has 0 bridgehead atoms. The first-order chi connectivity index (χ1) is 14.4. The number of rotatable bonds is 14. The summed E-state index contributed by atoms with van der Waals surface area (Å²) in [5.74, 6) is -4.04. The standard InChI is InChI=1S/C17H33N7O6S/c1-8(2)12(24-13(26)9(18)4-3-5-21-17(19)20)15(28)23-11(7-31)14(27)22-10(6-25)16(29)30/h8-12,25,31H,3-7,18H2,1-2H3,(H,22,27)(H,23,28)(H,24,26)(H,29,30)(H4,19,20,21). The molecule has 0 aliphatic rings. The maximum absolute atomic E-state index is 12.6. The molecule has 0 saturated carbocycles. The Kier molecular flexibility index (Phi) is 13.2. The van der Waals surface area contributed by atoms with Crippen molar-refractivity contribution in [3.63, 3.8) is 0 Å². The van der Waals surface area contributed by atoms with Crippen LogP contribution < -0.4 is 33.2 Å². The van der Waals surface area contributed by atoms with Gasteiger partial charge < -0.3 is 43.4 Å². The van der Waals surface area contributed by atoms with E-state index in [-0.39, 0.29) is 24.1 Å². The Hall–Kier alpha value is -2.58. The van der Waals surface area contributed by atoms with Gasteiger partial charge in [-0.2, -0.15) is 12.6 Å². The third-order valence-corrected chi connectivity index (χ3v) is 4.53. The van der Waals surface area contributed by atoms with Gasteiger partial charge in [0.25, 0.3) is 0 Å². The zero-order valence-corrected chi connectivity index (χ0v) is 18.5. The van der Waals surface area contributed by atoms with Crippen LogP contribution in [0.4, 0.5) is 0 Å². The summed E-state index contributed by atoms with van der Waals surface area (Å²) < 4.78 is 0. The Morgan fingerprint density at radius 2 is 1.58 bits per heavy atom. The lowest BCUT2D eigenvalue weighted by molar-refractivity contribution is -0.143. The van der Waals surface area contributed by atoms with Crippen molar-refractivity contribution in [2.75, 3.05) is 18.9 Å². The number of aliphatic imine (C=N–C) groups is 1. The Bertz CT molecular complexity index is 657. The van der Waals surface area contributed by atoms with Gasteiger partial charge in [-0.05, 0) is 18.8 Å². The van der Waals surface area contributed by atoms with Crippen LogP contribution in [0, 0.1) is 5.92 Å². The second-order valence-electron chi connectivity index (χ2n) is 7.11. The second kappa shape index (κ2) is 14.4. The Labute approximate surface area is 186 Å². The van der Waals surface area contributed by atoms with Gasteiger partial charge in [0.15, 0.2) is 5.96 Å². The molecular weight excluding hydrogens is 430 g/mol. The number of nitrogens with one attached hydrogen (secondary N) is 3. The summed E-state index contributed by atoms with van der Waals surface area (Å²) in [6.45, 7) is 2.87. The number of carbonyl (C=O) groups excluding carboxylic acids is 3. The lowest BCUT2D eigenvalue weighted by Crippen LogP contribution is -2.59. The number of amides is 3. The fourth-order valence-corrected chi connectivity index (χ4v) is 2.62. The molecule has 31 heavy (non-hydrogen) atoms. The van der Waals surface area contributed by atoms with E-state index in [0.717, 1.165) is 0 Å². The van der Waals surface area contributed by atoms with E-state index in [0.29, 0.717) is 13.0 Å². The van der Waals surface area contributed by atoms with Gasteiger partial charge in [0, 0.05) is 12.3 Å².